The third-order valence-corrected chi connectivity index (χ3v) is 4.85. The summed E-state index contributed by atoms with van der Waals surface area (Å²) in [6.07, 6.45) is -1.90. The molecule has 134 valence electrons. The molecule has 0 aliphatic carbocycles. The first-order valence-corrected chi connectivity index (χ1v) is 9.46. The Morgan fingerprint density at radius 3 is 2.36 bits per heavy atom. The molecule has 0 radical (unpaired) electrons. The van der Waals surface area contributed by atoms with Gasteiger partial charge in [-0.3, -0.25) is 0 Å². The fourth-order valence-electron chi connectivity index (χ4n) is 1.88. The van der Waals surface area contributed by atoms with Gasteiger partial charge in [-0.2, -0.15) is 0 Å². The van der Waals surface area contributed by atoms with E-state index in [1.165, 1.54) is 12.1 Å². The Bertz CT molecular complexity index is 794. The molecule has 1 atom stereocenters. The summed E-state index contributed by atoms with van der Waals surface area (Å²) in [5.74, 6) is 0.555. The first-order valence-electron chi connectivity index (χ1n) is 7.44. The molecule has 0 saturated heterocycles. The SMILES string of the molecule is Cc1ccc(S(=O)(=O)NC(=O)O[C@@H](CCl)COc2ccccc2)cc1. The van der Waals surface area contributed by atoms with E-state index >= 15 is 0 Å². The third kappa shape index (κ3) is 5.95. The lowest BCUT2D eigenvalue weighted by atomic mass is 10.2. The number of carbonyl (C=O) groups excluding carboxylic acids is 1. The molecular formula is C17H18ClNO5S. The summed E-state index contributed by atoms with van der Waals surface area (Å²) in [6, 6.07) is 15.0. The van der Waals surface area contributed by atoms with Crippen LogP contribution in [0.3, 0.4) is 0 Å². The number of nitrogens with one attached hydrogen (secondary N) is 1. The van der Waals surface area contributed by atoms with Gasteiger partial charge in [-0.1, -0.05) is 35.9 Å². The van der Waals surface area contributed by atoms with E-state index in [0.717, 1.165) is 5.56 Å². The van der Waals surface area contributed by atoms with Crippen LogP contribution in [0.15, 0.2) is 59.5 Å². The van der Waals surface area contributed by atoms with Crippen LogP contribution in [0.25, 0.3) is 0 Å². The van der Waals surface area contributed by atoms with Crippen molar-refractivity contribution in [2.75, 3.05) is 12.5 Å². The number of aryl methyl sites for hydroxylation is 1. The van der Waals surface area contributed by atoms with Gasteiger partial charge in [-0.05, 0) is 31.2 Å². The zero-order valence-corrected chi connectivity index (χ0v) is 15.1. The quantitative estimate of drug-likeness (QED) is 0.743. The summed E-state index contributed by atoms with van der Waals surface area (Å²) in [6.45, 7) is 1.83. The fourth-order valence-corrected chi connectivity index (χ4v) is 2.91. The van der Waals surface area contributed by atoms with Crippen LogP contribution < -0.4 is 9.46 Å². The van der Waals surface area contributed by atoms with Crippen molar-refractivity contribution in [2.24, 2.45) is 0 Å². The molecule has 1 amide bonds. The summed E-state index contributed by atoms with van der Waals surface area (Å²) in [4.78, 5) is 11.8. The van der Waals surface area contributed by atoms with E-state index in [4.69, 9.17) is 21.1 Å². The van der Waals surface area contributed by atoms with E-state index in [0.29, 0.717) is 5.75 Å². The van der Waals surface area contributed by atoms with Crippen molar-refractivity contribution in [3.63, 3.8) is 0 Å². The molecule has 8 heteroatoms. The van der Waals surface area contributed by atoms with Crippen molar-refractivity contribution in [3.05, 3.63) is 60.2 Å². The second kappa shape index (κ2) is 8.73. The van der Waals surface area contributed by atoms with Gasteiger partial charge in [0.25, 0.3) is 10.0 Å². The molecule has 0 aromatic heterocycles. The molecule has 0 saturated carbocycles. The summed E-state index contributed by atoms with van der Waals surface area (Å²) in [7, 11) is -4.01. The molecule has 0 heterocycles. The number of amides is 1. The maximum Gasteiger partial charge on any atom is 0.421 e. The van der Waals surface area contributed by atoms with Gasteiger partial charge in [-0.25, -0.2) is 17.9 Å². The molecule has 0 unspecified atom stereocenters. The molecule has 2 aromatic rings. The summed E-state index contributed by atoms with van der Waals surface area (Å²) >= 11 is 5.75. The molecule has 0 fully saturated rings. The smallest absolute Gasteiger partial charge is 0.421 e. The summed E-state index contributed by atoms with van der Waals surface area (Å²) in [5, 5.41) is 0. The molecule has 0 aliphatic heterocycles. The van der Waals surface area contributed by atoms with Crippen LogP contribution in [0.2, 0.25) is 0 Å². The lowest BCUT2D eigenvalue weighted by molar-refractivity contribution is 0.0813. The Morgan fingerprint density at radius 1 is 1.12 bits per heavy atom. The molecule has 2 rings (SSSR count). The van der Waals surface area contributed by atoms with Crippen molar-refractivity contribution in [2.45, 2.75) is 17.9 Å². The minimum atomic E-state index is -4.01. The van der Waals surface area contributed by atoms with Crippen LogP contribution in [0.5, 0.6) is 5.75 Å². The van der Waals surface area contributed by atoms with Gasteiger partial charge >= 0.3 is 6.09 Å². The van der Waals surface area contributed by atoms with Crippen molar-refractivity contribution in [3.8, 4) is 5.75 Å². The van der Waals surface area contributed by atoms with E-state index in [1.54, 1.807) is 36.4 Å². The van der Waals surface area contributed by atoms with Gasteiger partial charge in [-0.15, -0.1) is 11.6 Å². The Labute approximate surface area is 151 Å². The van der Waals surface area contributed by atoms with Gasteiger partial charge in [0, 0.05) is 0 Å². The lowest BCUT2D eigenvalue weighted by Crippen LogP contribution is -2.36. The van der Waals surface area contributed by atoms with E-state index in [1.807, 2.05) is 17.7 Å². The molecule has 0 aliphatic rings. The first-order chi connectivity index (χ1) is 11.9. The van der Waals surface area contributed by atoms with Gasteiger partial charge < -0.3 is 9.47 Å². The average Bonchev–Trinajstić information content (AvgIpc) is 2.59. The van der Waals surface area contributed by atoms with E-state index in [9.17, 15) is 13.2 Å². The molecule has 0 spiro atoms. The van der Waals surface area contributed by atoms with E-state index < -0.39 is 22.2 Å². The highest BCUT2D eigenvalue weighted by molar-refractivity contribution is 7.90. The van der Waals surface area contributed by atoms with Crippen LogP contribution >= 0.6 is 11.6 Å². The Balaban J connectivity index is 1.91. The molecule has 25 heavy (non-hydrogen) atoms. The zero-order chi connectivity index (χ0) is 18.3. The topological polar surface area (TPSA) is 81.7 Å². The van der Waals surface area contributed by atoms with Crippen LogP contribution in [-0.2, 0) is 14.8 Å². The highest BCUT2D eigenvalue weighted by Crippen LogP contribution is 2.12. The maximum absolute atomic E-state index is 12.1. The number of carbonyl (C=O) groups is 1. The number of benzene rings is 2. The number of ether oxygens (including phenoxy) is 2. The van der Waals surface area contributed by atoms with Crippen molar-refractivity contribution >= 4 is 27.7 Å². The van der Waals surface area contributed by atoms with E-state index in [2.05, 4.69) is 0 Å². The monoisotopic (exact) mass is 383 g/mol. The lowest BCUT2D eigenvalue weighted by Gasteiger charge is -2.16. The first kappa shape index (κ1) is 19.1. The summed E-state index contributed by atoms with van der Waals surface area (Å²) in [5.41, 5.74) is 0.904. The number of sulfonamides is 1. The van der Waals surface area contributed by atoms with Crippen molar-refractivity contribution in [1.29, 1.82) is 0 Å². The number of halogens is 1. The standard InChI is InChI=1S/C17H18ClNO5S/c1-13-7-9-16(10-8-13)25(21,22)19-17(20)24-15(11-18)12-23-14-5-3-2-4-6-14/h2-10,15H,11-12H2,1H3,(H,19,20)/t15-/m0/s1. The Hall–Kier alpha value is -2.25. The van der Waals surface area contributed by atoms with Crippen molar-refractivity contribution < 1.29 is 22.7 Å². The summed E-state index contributed by atoms with van der Waals surface area (Å²) < 4.78 is 36.6. The minimum Gasteiger partial charge on any atom is -0.490 e. The van der Waals surface area contributed by atoms with Crippen LogP contribution in [-0.4, -0.2) is 33.1 Å². The van der Waals surface area contributed by atoms with Gasteiger partial charge in [0.2, 0.25) is 0 Å². The Morgan fingerprint density at radius 2 is 1.76 bits per heavy atom. The maximum atomic E-state index is 12.1. The van der Waals surface area contributed by atoms with Gasteiger partial charge in [0.1, 0.15) is 12.4 Å². The molecule has 2 aromatic carbocycles. The molecule has 6 nitrogen and oxygen atoms in total. The van der Waals surface area contributed by atoms with Gasteiger partial charge in [0.05, 0.1) is 10.8 Å². The predicted molar refractivity (Wildman–Crippen MR) is 94.4 cm³/mol. The van der Waals surface area contributed by atoms with Crippen LogP contribution in [0.1, 0.15) is 5.56 Å². The molecule has 0 bridgehead atoms. The number of hydrogen-bond donors (Lipinski definition) is 1. The second-order valence-corrected chi connectivity index (χ2v) is 7.22. The fraction of sp³-hybridized carbons (Fsp3) is 0.235. The minimum absolute atomic E-state index is 0.00547. The Kier molecular flexibility index (Phi) is 6.66. The highest BCUT2D eigenvalue weighted by atomic mass is 35.5. The number of hydrogen-bond acceptors (Lipinski definition) is 5. The predicted octanol–water partition coefficient (Wildman–Crippen LogP) is 3.10. The third-order valence-electron chi connectivity index (χ3n) is 3.17. The molecular weight excluding hydrogens is 366 g/mol. The normalized spacial score (nSPS) is 12.2. The molecule has 1 N–H and O–H groups in total. The van der Waals surface area contributed by atoms with Crippen LogP contribution in [0.4, 0.5) is 4.79 Å². The number of rotatable bonds is 7. The second-order valence-electron chi connectivity index (χ2n) is 5.22. The highest BCUT2D eigenvalue weighted by Gasteiger charge is 2.21. The van der Waals surface area contributed by atoms with Crippen LogP contribution in [0, 0.1) is 6.92 Å². The average molecular weight is 384 g/mol. The number of para-hydroxylation sites is 1. The van der Waals surface area contributed by atoms with Crippen molar-refractivity contribution in [1.82, 2.24) is 4.72 Å². The largest absolute Gasteiger partial charge is 0.490 e. The van der Waals surface area contributed by atoms with E-state index in [-0.39, 0.29) is 17.4 Å². The number of alkyl halides is 1. The van der Waals surface area contributed by atoms with Gasteiger partial charge in [0.15, 0.2) is 6.10 Å². The zero-order valence-electron chi connectivity index (χ0n) is 13.5.